The van der Waals surface area contributed by atoms with E-state index < -0.39 is 0 Å². The third-order valence-electron chi connectivity index (χ3n) is 14.0. The predicted molar refractivity (Wildman–Crippen MR) is 140 cm³/mol. The Hall–Kier alpha value is -1.06. The van der Waals surface area contributed by atoms with Crippen molar-refractivity contribution in [1.82, 2.24) is 0 Å². The molecule has 36 heavy (non-hydrogen) atoms. The van der Waals surface area contributed by atoms with Crippen LogP contribution < -0.4 is 0 Å². The monoisotopic (exact) mass is 498 g/mol. The van der Waals surface area contributed by atoms with Crippen molar-refractivity contribution in [3.63, 3.8) is 0 Å². The molecule has 2 spiro atoms. The molecule has 6 fully saturated rings. The van der Waals surface area contributed by atoms with Gasteiger partial charge in [-0.2, -0.15) is 0 Å². The Kier molecular flexibility index (Phi) is 5.43. The van der Waals surface area contributed by atoms with E-state index in [4.69, 9.17) is 9.47 Å². The second-order valence-corrected chi connectivity index (χ2v) is 15.5. The molecule has 0 amide bonds. The zero-order valence-electron chi connectivity index (χ0n) is 24.0. The summed E-state index contributed by atoms with van der Waals surface area (Å²) in [7, 11) is 0. The third kappa shape index (κ3) is 3.05. The average molecular weight is 499 g/mol. The van der Waals surface area contributed by atoms with Crippen LogP contribution in [0.15, 0.2) is 0 Å². The summed E-state index contributed by atoms with van der Waals surface area (Å²) in [5, 5.41) is 0. The quantitative estimate of drug-likeness (QED) is 0.381. The van der Waals surface area contributed by atoms with Crippen LogP contribution in [0, 0.1) is 56.7 Å². The second-order valence-electron chi connectivity index (χ2n) is 15.5. The number of fused-ring (bicyclic) bond motifs is 2. The van der Waals surface area contributed by atoms with Crippen molar-refractivity contribution in [2.45, 2.75) is 131 Å². The Bertz CT molecular complexity index is 956. The largest absolute Gasteiger partial charge is 0.462 e. The van der Waals surface area contributed by atoms with E-state index in [2.05, 4.69) is 34.6 Å². The average Bonchev–Trinajstić information content (AvgIpc) is 3.23. The van der Waals surface area contributed by atoms with Crippen LogP contribution in [0.5, 0.6) is 0 Å². The van der Waals surface area contributed by atoms with Gasteiger partial charge in [-0.3, -0.25) is 9.59 Å². The summed E-state index contributed by atoms with van der Waals surface area (Å²) in [6, 6.07) is 0. The SMILES string of the molecule is CC(=O)OC1CCC23CC24CCC2(C)C(C(C)CC5CC(C)C(=O)O5)CCC2(C)C4CCC3C1(C)C. The Morgan fingerprint density at radius 3 is 2.33 bits per heavy atom. The van der Waals surface area contributed by atoms with Crippen LogP contribution in [0.3, 0.4) is 0 Å². The molecule has 202 valence electrons. The van der Waals surface area contributed by atoms with Crippen LogP contribution in [0.1, 0.15) is 119 Å². The van der Waals surface area contributed by atoms with Crippen molar-refractivity contribution in [3.05, 3.63) is 0 Å². The molecule has 1 saturated heterocycles. The van der Waals surface area contributed by atoms with E-state index in [1.807, 2.05) is 6.92 Å². The summed E-state index contributed by atoms with van der Waals surface area (Å²) in [6.07, 6.45) is 14.0. The van der Waals surface area contributed by atoms with Gasteiger partial charge in [0.15, 0.2) is 0 Å². The summed E-state index contributed by atoms with van der Waals surface area (Å²) in [4.78, 5) is 23.9. The van der Waals surface area contributed by atoms with Crippen molar-refractivity contribution in [2.75, 3.05) is 0 Å². The molecule has 0 bridgehead atoms. The number of carbonyl (C=O) groups is 2. The predicted octanol–water partition coefficient (Wildman–Crippen LogP) is 7.34. The van der Waals surface area contributed by atoms with E-state index in [-0.39, 0.29) is 35.5 Å². The van der Waals surface area contributed by atoms with Gasteiger partial charge in [-0.25, -0.2) is 0 Å². The van der Waals surface area contributed by atoms with Crippen molar-refractivity contribution >= 4 is 11.9 Å². The highest BCUT2D eigenvalue weighted by Crippen LogP contribution is 2.89. The first kappa shape index (κ1) is 25.2. The van der Waals surface area contributed by atoms with Crippen molar-refractivity contribution in [1.29, 1.82) is 0 Å². The molecule has 5 saturated carbocycles. The van der Waals surface area contributed by atoms with Gasteiger partial charge < -0.3 is 9.47 Å². The number of carbonyl (C=O) groups excluding carboxylic acids is 2. The first-order valence-corrected chi connectivity index (χ1v) is 15.2. The van der Waals surface area contributed by atoms with Crippen LogP contribution in [0.25, 0.3) is 0 Å². The van der Waals surface area contributed by atoms with Gasteiger partial charge in [0.25, 0.3) is 0 Å². The van der Waals surface area contributed by atoms with Gasteiger partial charge in [0, 0.05) is 12.3 Å². The van der Waals surface area contributed by atoms with E-state index >= 15 is 0 Å². The molecule has 0 N–H and O–H groups in total. The van der Waals surface area contributed by atoms with Crippen molar-refractivity contribution < 1.29 is 19.1 Å². The topological polar surface area (TPSA) is 52.6 Å². The lowest BCUT2D eigenvalue weighted by Gasteiger charge is -2.63. The molecular formula is C32H50O4. The van der Waals surface area contributed by atoms with E-state index in [1.165, 1.54) is 51.4 Å². The van der Waals surface area contributed by atoms with Crippen LogP contribution in [-0.2, 0) is 19.1 Å². The standard InChI is InChI=1S/C32H50O4/c1-19(16-22-17-20(2)27(34)36-22)23-10-12-30(7)25-9-8-24-28(4,5)26(35-21(3)33)11-13-31(24)18-32(25,31)15-14-29(23,30)6/h19-20,22-26H,8-18H2,1-7H3. The highest BCUT2D eigenvalue weighted by atomic mass is 16.6. The third-order valence-corrected chi connectivity index (χ3v) is 14.0. The molecule has 6 rings (SSSR count). The number of hydrogen-bond acceptors (Lipinski definition) is 4. The minimum atomic E-state index is -0.114. The van der Waals surface area contributed by atoms with Crippen molar-refractivity contribution in [3.8, 4) is 0 Å². The summed E-state index contributed by atoms with van der Waals surface area (Å²) in [6.45, 7) is 16.2. The lowest BCUT2D eigenvalue weighted by molar-refractivity contribution is -0.181. The highest BCUT2D eigenvalue weighted by molar-refractivity contribution is 5.74. The van der Waals surface area contributed by atoms with Crippen LogP contribution >= 0.6 is 0 Å². The fourth-order valence-electron chi connectivity index (χ4n) is 12.2. The molecule has 1 heterocycles. The fourth-order valence-corrected chi connectivity index (χ4v) is 12.2. The highest BCUT2D eigenvalue weighted by Gasteiger charge is 2.82. The first-order chi connectivity index (χ1) is 16.8. The van der Waals surface area contributed by atoms with Gasteiger partial charge in [-0.05, 0) is 116 Å². The van der Waals surface area contributed by atoms with Gasteiger partial charge in [0.1, 0.15) is 12.2 Å². The molecule has 6 aliphatic rings. The zero-order valence-corrected chi connectivity index (χ0v) is 24.0. The van der Waals surface area contributed by atoms with E-state index in [1.54, 1.807) is 6.92 Å². The molecule has 11 atom stereocenters. The van der Waals surface area contributed by atoms with Gasteiger partial charge in [0.2, 0.25) is 0 Å². The Balaban J connectivity index is 1.23. The second kappa shape index (κ2) is 7.75. The summed E-state index contributed by atoms with van der Waals surface area (Å²) in [5.41, 5.74) is 1.88. The smallest absolute Gasteiger partial charge is 0.309 e. The molecular weight excluding hydrogens is 448 g/mol. The molecule has 0 aromatic rings. The van der Waals surface area contributed by atoms with Crippen LogP contribution in [0.4, 0.5) is 0 Å². The minimum absolute atomic E-state index is 0.0106. The Morgan fingerprint density at radius 2 is 1.67 bits per heavy atom. The molecule has 0 aromatic heterocycles. The number of esters is 2. The first-order valence-electron chi connectivity index (χ1n) is 15.2. The Morgan fingerprint density at radius 1 is 0.972 bits per heavy atom. The minimum Gasteiger partial charge on any atom is -0.462 e. The lowest BCUT2D eigenvalue weighted by Crippen LogP contribution is -2.58. The fraction of sp³-hybridized carbons (Fsp3) is 0.938. The number of hydrogen-bond donors (Lipinski definition) is 0. The van der Waals surface area contributed by atoms with Crippen LogP contribution in [-0.4, -0.2) is 24.1 Å². The molecule has 0 radical (unpaired) electrons. The van der Waals surface area contributed by atoms with Gasteiger partial charge in [0.05, 0.1) is 5.92 Å². The molecule has 4 nitrogen and oxygen atoms in total. The summed E-state index contributed by atoms with van der Waals surface area (Å²) < 4.78 is 11.6. The van der Waals surface area contributed by atoms with Crippen molar-refractivity contribution in [2.24, 2.45) is 56.7 Å². The van der Waals surface area contributed by atoms with E-state index in [0.29, 0.717) is 33.5 Å². The van der Waals surface area contributed by atoms with E-state index in [0.717, 1.165) is 31.1 Å². The number of cyclic esters (lactones) is 1. The summed E-state index contributed by atoms with van der Waals surface area (Å²) in [5.74, 6) is 2.83. The molecule has 0 aromatic carbocycles. The van der Waals surface area contributed by atoms with Gasteiger partial charge in [-0.1, -0.05) is 41.5 Å². The van der Waals surface area contributed by atoms with E-state index in [9.17, 15) is 9.59 Å². The molecule has 4 heteroatoms. The lowest BCUT2D eigenvalue weighted by atomic mass is 9.41. The van der Waals surface area contributed by atoms with Gasteiger partial charge >= 0.3 is 11.9 Å². The normalized spacial score (nSPS) is 53.4. The molecule has 5 aliphatic carbocycles. The molecule has 11 unspecified atom stereocenters. The Labute approximate surface area is 219 Å². The molecule has 1 aliphatic heterocycles. The maximum absolute atomic E-state index is 12.0. The van der Waals surface area contributed by atoms with Crippen LogP contribution in [0.2, 0.25) is 0 Å². The zero-order chi connectivity index (χ0) is 25.9. The summed E-state index contributed by atoms with van der Waals surface area (Å²) >= 11 is 0. The maximum Gasteiger partial charge on any atom is 0.309 e. The number of rotatable bonds is 4. The maximum atomic E-state index is 12.0. The van der Waals surface area contributed by atoms with Gasteiger partial charge in [-0.15, -0.1) is 0 Å². The number of ether oxygens (including phenoxy) is 2.